The summed E-state index contributed by atoms with van der Waals surface area (Å²) >= 11 is 5.71. The van der Waals surface area contributed by atoms with Gasteiger partial charge in [0, 0.05) is 5.02 Å². The molecule has 1 aromatic carbocycles. The first-order valence-electron chi connectivity index (χ1n) is 5.28. The molecule has 0 aliphatic rings. The van der Waals surface area contributed by atoms with E-state index in [1.54, 1.807) is 6.07 Å². The molecule has 0 saturated heterocycles. The molecule has 2 heterocycles. The van der Waals surface area contributed by atoms with E-state index in [4.69, 9.17) is 22.9 Å². The van der Waals surface area contributed by atoms with Crippen LogP contribution in [0.3, 0.4) is 0 Å². The summed E-state index contributed by atoms with van der Waals surface area (Å²) in [7, 11) is 0. The van der Waals surface area contributed by atoms with Crippen LogP contribution in [0.5, 0.6) is 0 Å². The Balaban J connectivity index is 2.32. The average molecular weight is 279 g/mol. The fourth-order valence-corrected chi connectivity index (χ4v) is 1.94. The van der Waals surface area contributed by atoms with Crippen molar-refractivity contribution in [1.82, 2.24) is 19.4 Å². The summed E-state index contributed by atoms with van der Waals surface area (Å²) in [4.78, 5) is 4.06. The summed E-state index contributed by atoms with van der Waals surface area (Å²) in [5.74, 6) is 5.00. The average Bonchev–Trinajstić information content (AvgIpc) is 2.78. The lowest BCUT2D eigenvalue weighted by Crippen LogP contribution is -2.27. The van der Waals surface area contributed by atoms with Crippen molar-refractivity contribution in [2.24, 2.45) is 0 Å². The molecule has 0 radical (unpaired) electrons. The van der Waals surface area contributed by atoms with Gasteiger partial charge in [-0.2, -0.15) is 5.10 Å². The third-order valence-corrected chi connectivity index (χ3v) is 2.93. The second kappa shape index (κ2) is 4.06. The Morgan fingerprint density at radius 3 is 2.89 bits per heavy atom. The van der Waals surface area contributed by atoms with Crippen LogP contribution < -0.4 is 11.3 Å². The summed E-state index contributed by atoms with van der Waals surface area (Å²) in [6.45, 7) is 0. The minimum absolute atomic E-state index is 0.0469. The number of hydrogen-bond acceptors (Lipinski definition) is 4. The molecule has 0 saturated carbocycles. The molecule has 0 fully saturated rings. The van der Waals surface area contributed by atoms with Crippen molar-refractivity contribution >= 4 is 22.6 Å². The number of hydrogen-bond donors (Lipinski definition) is 2. The van der Waals surface area contributed by atoms with Gasteiger partial charge in [0.2, 0.25) is 0 Å². The van der Waals surface area contributed by atoms with E-state index in [1.165, 1.54) is 29.3 Å². The molecule has 19 heavy (non-hydrogen) atoms. The van der Waals surface area contributed by atoms with Crippen LogP contribution in [0.2, 0.25) is 5.02 Å². The van der Waals surface area contributed by atoms with Crippen LogP contribution in [0, 0.1) is 11.2 Å². The maximum atomic E-state index is 13.9. The fraction of sp³-hybridized carbons (Fsp3) is 0. The van der Waals surface area contributed by atoms with Crippen LogP contribution in [0.25, 0.3) is 16.7 Å². The van der Waals surface area contributed by atoms with Crippen molar-refractivity contribution in [3.8, 4) is 5.69 Å². The van der Waals surface area contributed by atoms with Crippen LogP contribution in [-0.4, -0.2) is 19.4 Å². The Labute approximate surface area is 111 Å². The van der Waals surface area contributed by atoms with E-state index >= 15 is 0 Å². The molecule has 3 rings (SSSR count). The molecule has 6 nitrogen and oxygen atoms in total. The highest BCUT2D eigenvalue weighted by atomic mass is 35.5. The van der Waals surface area contributed by atoms with Crippen LogP contribution in [0.4, 0.5) is 4.39 Å². The van der Waals surface area contributed by atoms with Crippen molar-refractivity contribution in [3.05, 3.63) is 47.1 Å². The number of nitrogen functional groups attached to an aromatic ring is 1. The minimum atomic E-state index is -0.518. The van der Waals surface area contributed by atoms with E-state index < -0.39 is 5.82 Å². The molecule has 0 amide bonds. The molecule has 0 spiro atoms. The topological polar surface area (TPSA) is 85.5 Å². The molecule has 0 bridgehead atoms. The summed E-state index contributed by atoms with van der Waals surface area (Å²) in [6.07, 6.45) is 2.69. The predicted molar refractivity (Wildman–Crippen MR) is 67.8 cm³/mol. The number of rotatable bonds is 1. The number of fused-ring (bicyclic) bond motifs is 1. The number of nitrogens with two attached hydrogens (primary N) is 1. The van der Waals surface area contributed by atoms with Crippen LogP contribution >= 0.6 is 11.6 Å². The van der Waals surface area contributed by atoms with Gasteiger partial charge in [-0.25, -0.2) is 18.7 Å². The molecule has 0 aliphatic heterocycles. The van der Waals surface area contributed by atoms with Crippen molar-refractivity contribution in [2.75, 3.05) is 5.84 Å². The number of nitrogens with zero attached hydrogens (tertiary/aromatic N) is 4. The van der Waals surface area contributed by atoms with Crippen LogP contribution in [0.15, 0.2) is 30.7 Å². The van der Waals surface area contributed by atoms with Gasteiger partial charge >= 0.3 is 0 Å². The van der Waals surface area contributed by atoms with Gasteiger partial charge in [0.15, 0.2) is 11.1 Å². The number of halogens is 2. The zero-order valence-corrected chi connectivity index (χ0v) is 10.3. The largest absolute Gasteiger partial charge is 0.336 e. The van der Waals surface area contributed by atoms with E-state index in [-0.39, 0.29) is 11.2 Å². The van der Waals surface area contributed by atoms with Crippen molar-refractivity contribution in [1.29, 1.82) is 5.41 Å². The number of aromatic nitrogens is 4. The normalized spacial score (nSPS) is 11.1. The molecule has 0 aliphatic carbocycles. The minimum Gasteiger partial charge on any atom is -0.336 e. The maximum Gasteiger partial charge on any atom is 0.168 e. The SMILES string of the molecule is N=c1c2cnn(-c3ccc(Cl)cc3F)c2ncn1N. The van der Waals surface area contributed by atoms with E-state index in [1.807, 2.05) is 0 Å². The number of benzene rings is 1. The second-order valence-electron chi connectivity index (χ2n) is 3.89. The molecule has 0 atom stereocenters. The lowest BCUT2D eigenvalue weighted by Gasteiger charge is -2.05. The van der Waals surface area contributed by atoms with Gasteiger partial charge in [0.25, 0.3) is 0 Å². The van der Waals surface area contributed by atoms with Crippen LogP contribution in [0.1, 0.15) is 0 Å². The van der Waals surface area contributed by atoms with E-state index in [2.05, 4.69) is 10.1 Å². The second-order valence-corrected chi connectivity index (χ2v) is 4.33. The molecule has 2 aromatic heterocycles. The predicted octanol–water partition coefficient (Wildman–Crippen LogP) is 1.21. The van der Waals surface area contributed by atoms with Gasteiger partial charge in [0.1, 0.15) is 17.8 Å². The first-order valence-corrected chi connectivity index (χ1v) is 5.66. The molecular formula is C11H8ClFN6. The highest BCUT2D eigenvalue weighted by molar-refractivity contribution is 6.30. The monoisotopic (exact) mass is 278 g/mol. The third kappa shape index (κ3) is 1.75. The van der Waals surface area contributed by atoms with Gasteiger partial charge in [0.05, 0.1) is 11.6 Å². The molecule has 8 heteroatoms. The van der Waals surface area contributed by atoms with Gasteiger partial charge in [-0.1, -0.05) is 11.6 Å². The Morgan fingerprint density at radius 1 is 1.37 bits per heavy atom. The van der Waals surface area contributed by atoms with E-state index in [9.17, 15) is 4.39 Å². The third-order valence-electron chi connectivity index (χ3n) is 2.70. The van der Waals surface area contributed by atoms with Crippen LogP contribution in [-0.2, 0) is 0 Å². The first kappa shape index (κ1) is 11.7. The summed E-state index contributed by atoms with van der Waals surface area (Å²) in [6, 6.07) is 4.25. The quantitative estimate of drug-likeness (QED) is 0.656. The Morgan fingerprint density at radius 2 is 2.16 bits per heavy atom. The highest BCUT2D eigenvalue weighted by Crippen LogP contribution is 2.20. The van der Waals surface area contributed by atoms with Gasteiger partial charge in [-0.05, 0) is 18.2 Å². The van der Waals surface area contributed by atoms with Crippen molar-refractivity contribution < 1.29 is 4.39 Å². The Bertz CT molecular complexity index is 837. The zero-order valence-electron chi connectivity index (χ0n) is 9.51. The van der Waals surface area contributed by atoms with Crippen molar-refractivity contribution in [3.63, 3.8) is 0 Å². The van der Waals surface area contributed by atoms with Gasteiger partial charge < -0.3 is 5.84 Å². The lowest BCUT2D eigenvalue weighted by molar-refractivity contribution is 0.612. The van der Waals surface area contributed by atoms with Gasteiger partial charge in [-0.3, -0.25) is 5.41 Å². The summed E-state index contributed by atoms with van der Waals surface area (Å²) in [5, 5.41) is 12.5. The summed E-state index contributed by atoms with van der Waals surface area (Å²) in [5.41, 5.74) is 0.611. The number of nitrogens with one attached hydrogen (secondary N) is 1. The standard InChI is InChI=1S/C11H8ClFN6/c12-6-1-2-9(8(13)3-6)19-11-7(4-17-19)10(14)18(15)5-16-11/h1-5,14H,15H2. The molecule has 3 N–H and O–H groups in total. The van der Waals surface area contributed by atoms with Gasteiger partial charge in [-0.15, -0.1) is 0 Å². The summed E-state index contributed by atoms with van der Waals surface area (Å²) < 4.78 is 16.2. The first-order chi connectivity index (χ1) is 9.08. The molecular weight excluding hydrogens is 271 g/mol. The zero-order chi connectivity index (χ0) is 13.6. The Hall–Kier alpha value is -2.41. The van der Waals surface area contributed by atoms with Crippen molar-refractivity contribution in [2.45, 2.75) is 0 Å². The molecule has 0 unspecified atom stereocenters. The highest BCUT2D eigenvalue weighted by Gasteiger charge is 2.12. The Kier molecular flexibility index (Phi) is 2.49. The lowest BCUT2D eigenvalue weighted by atomic mass is 10.3. The fourth-order valence-electron chi connectivity index (χ4n) is 1.78. The van der Waals surface area contributed by atoms with E-state index in [0.717, 1.165) is 4.68 Å². The van der Waals surface area contributed by atoms with E-state index in [0.29, 0.717) is 16.1 Å². The smallest absolute Gasteiger partial charge is 0.168 e. The maximum absolute atomic E-state index is 13.9. The molecule has 3 aromatic rings. The molecule has 96 valence electrons.